The second kappa shape index (κ2) is 6.46. The molecule has 1 N–H and O–H groups in total. The summed E-state index contributed by atoms with van der Waals surface area (Å²) in [5.41, 5.74) is 2.93. The van der Waals surface area contributed by atoms with E-state index in [1.165, 1.54) is 36.8 Å². The van der Waals surface area contributed by atoms with E-state index in [9.17, 15) is 0 Å². The molecule has 94 valence electrons. The van der Waals surface area contributed by atoms with Crippen LogP contribution in [0.15, 0.2) is 24.3 Å². The van der Waals surface area contributed by atoms with Crippen molar-refractivity contribution < 1.29 is 0 Å². The molecule has 2 rings (SSSR count). The molecule has 0 radical (unpaired) electrons. The van der Waals surface area contributed by atoms with Gasteiger partial charge in [0.1, 0.15) is 0 Å². The monoisotopic (exact) mass is 249 g/mol. The zero-order valence-corrected chi connectivity index (χ0v) is 11.7. The van der Waals surface area contributed by atoms with Gasteiger partial charge in [0.25, 0.3) is 0 Å². The highest BCUT2D eigenvalue weighted by molar-refractivity contribution is 7.99. The van der Waals surface area contributed by atoms with Crippen LogP contribution >= 0.6 is 11.8 Å². The van der Waals surface area contributed by atoms with Crippen molar-refractivity contribution >= 4 is 11.8 Å². The fourth-order valence-electron chi connectivity index (χ4n) is 2.60. The summed E-state index contributed by atoms with van der Waals surface area (Å²) in [6.45, 7) is 2.21. The second-order valence-electron chi connectivity index (χ2n) is 4.96. The maximum atomic E-state index is 3.48. The fraction of sp³-hybridized carbons (Fsp3) is 0.600. The predicted octanol–water partition coefficient (Wildman–Crippen LogP) is 3.76. The van der Waals surface area contributed by atoms with E-state index in [1.807, 2.05) is 0 Å². The lowest BCUT2D eigenvalue weighted by Gasteiger charge is -2.31. The Kier molecular flexibility index (Phi) is 4.93. The van der Waals surface area contributed by atoms with E-state index in [1.54, 1.807) is 0 Å². The van der Waals surface area contributed by atoms with Crippen molar-refractivity contribution in [3.8, 4) is 0 Å². The lowest BCUT2D eigenvalue weighted by atomic mass is 9.95. The third kappa shape index (κ3) is 3.49. The molecule has 1 aliphatic carbocycles. The Morgan fingerprint density at radius 3 is 2.76 bits per heavy atom. The minimum atomic E-state index is 0.720. The molecule has 1 fully saturated rings. The van der Waals surface area contributed by atoms with Crippen LogP contribution in [-0.4, -0.2) is 18.3 Å². The molecule has 0 spiro atoms. The van der Waals surface area contributed by atoms with Crippen molar-refractivity contribution in [3.63, 3.8) is 0 Å². The van der Waals surface area contributed by atoms with Crippen LogP contribution in [0, 0.1) is 6.92 Å². The normalized spacial score (nSPS) is 24.8. The summed E-state index contributed by atoms with van der Waals surface area (Å²) in [6, 6.07) is 9.48. The average Bonchev–Trinajstić information content (AvgIpc) is 2.38. The molecule has 1 aliphatic rings. The van der Waals surface area contributed by atoms with Crippen molar-refractivity contribution in [2.75, 3.05) is 7.05 Å². The average molecular weight is 249 g/mol. The molecule has 0 saturated heterocycles. The first kappa shape index (κ1) is 13.0. The molecule has 0 aliphatic heterocycles. The summed E-state index contributed by atoms with van der Waals surface area (Å²) in [5.74, 6) is 1.16. The molecule has 2 atom stereocenters. The molecule has 0 amide bonds. The molecule has 2 heteroatoms. The molecule has 0 heterocycles. The zero-order chi connectivity index (χ0) is 12.1. The van der Waals surface area contributed by atoms with E-state index in [4.69, 9.17) is 0 Å². The molecular formula is C15H23NS. The number of nitrogens with one attached hydrogen (secondary N) is 1. The van der Waals surface area contributed by atoms with Gasteiger partial charge in [0, 0.05) is 17.0 Å². The van der Waals surface area contributed by atoms with Gasteiger partial charge in [-0.2, -0.15) is 11.8 Å². The quantitative estimate of drug-likeness (QED) is 0.872. The van der Waals surface area contributed by atoms with Gasteiger partial charge in [-0.05, 0) is 37.9 Å². The first-order valence-electron chi connectivity index (χ1n) is 6.64. The molecular weight excluding hydrogens is 226 g/mol. The van der Waals surface area contributed by atoms with Crippen molar-refractivity contribution in [3.05, 3.63) is 35.4 Å². The van der Waals surface area contributed by atoms with Gasteiger partial charge in [0.2, 0.25) is 0 Å². The fourth-order valence-corrected chi connectivity index (χ4v) is 4.15. The van der Waals surface area contributed by atoms with E-state index in [2.05, 4.69) is 55.3 Å². The van der Waals surface area contributed by atoms with Crippen LogP contribution in [0.1, 0.15) is 36.8 Å². The van der Waals surface area contributed by atoms with Gasteiger partial charge >= 0.3 is 0 Å². The van der Waals surface area contributed by atoms with Crippen LogP contribution in [-0.2, 0) is 5.75 Å². The van der Waals surface area contributed by atoms with Gasteiger partial charge in [-0.25, -0.2) is 0 Å². The Balaban J connectivity index is 1.90. The Morgan fingerprint density at radius 1 is 1.24 bits per heavy atom. The molecule has 0 bridgehead atoms. The van der Waals surface area contributed by atoms with Gasteiger partial charge in [-0.3, -0.25) is 0 Å². The maximum Gasteiger partial charge on any atom is 0.0204 e. The number of thioether (sulfide) groups is 1. The van der Waals surface area contributed by atoms with E-state index < -0.39 is 0 Å². The van der Waals surface area contributed by atoms with E-state index in [-0.39, 0.29) is 0 Å². The molecule has 17 heavy (non-hydrogen) atoms. The molecule has 0 aromatic heterocycles. The highest BCUT2D eigenvalue weighted by Crippen LogP contribution is 2.31. The third-order valence-corrected chi connectivity index (χ3v) is 5.26. The standard InChI is InChI=1S/C15H23NS/c1-12-7-3-4-8-13(12)11-17-15-10-6-5-9-14(15)16-2/h3-4,7-8,14-16H,5-6,9-11H2,1-2H3. The van der Waals surface area contributed by atoms with Crippen molar-refractivity contribution in [2.24, 2.45) is 0 Å². The topological polar surface area (TPSA) is 12.0 Å². The first-order chi connectivity index (χ1) is 8.31. The van der Waals surface area contributed by atoms with E-state index in [0.29, 0.717) is 0 Å². The van der Waals surface area contributed by atoms with Crippen LogP contribution < -0.4 is 5.32 Å². The molecule has 1 aromatic rings. The van der Waals surface area contributed by atoms with Crippen LogP contribution in [0.4, 0.5) is 0 Å². The van der Waals surface area contributed by atoms with Crippen molar-refractivity contribution in [1.29, 1.82) is 0 Å². The van der Waals surface area contributed by atoms with Crippen LogP contribution in [0.5, 0.6) is 0 Å². The van der Waals surface area contributed by atoms with Crippen LogP contribution in [0.2, 0.25) is 0 Å². The largest absolute Gasteiger partial charge is 0.316 e. The summed E-state index contributed by atoms with van der Waals surface area (Å²) in [4.78, 5) is 0. The lowest BCUT2D eigenvalue weighted by molar-refractivity contribution is 0.405. The minimum Gasteiger partial charge on any atom is -0.316 e. The summed E-state index contributed by atoms with van der Waals surface area (Å²) in [6.07, 6.45) is 5.53. The minimum absolute atomic E-state index is 0.720. The van der Waals surface area contributed by atoms with Gasteiger partial charge in [-0.15, -0.1) is 0 Å². The molecule has 1 nitrogen and oxygen atoms in total. The highest BCUT2D eigenvalue weighted by atomic mass is 32.2. The Hall–Kier alpha value is -0.470. The zero-order valence-electron chi connectivity index (χ0n) is 10.9. The molecule has 2 unspecified atom stereocenters. The highest BCUT2D eigenvalue weighted by Gasteiger charge is 2.23. The first-order valence-corrected chi connectivity index (χ1v) is 7.69. The van der Waals surface area contributed by atoms with Crippen LogP contribution in [0.3, 0.4) is 0 Å². The number of hydrogen-bond donors (Lipinski definition) is 1. The van der Waals surface area contributed by atoms with Gasteiger partial charge < -0.3 is 5.32 Å². The number of rotatable bonds is 4. The summed E-state index contributed by atoms with van der Waals surface area (Å²) in [5, 5.41) is 4.28. The SMILES string of the molecule is CNC1CCCCC1SCc1ccccc1C. The summed E-state index contributed by atoms with van der Waals surface area (Å²) >= 11 is 2.13. The molecule has 1 saturated carbocycles. The third-order valence-electron chi connectivity index (χ3n) is 3.79. The summed E-state index contributed by atoms with van der Waals surface area (Å²) in [7, 11) is 2.11. The lowest BCUT2D eigenvalue weighted by Crippen LogP contribution is -2.38. The van der Waals surface area contributed by atoms with Crippen molar-refractivity contribution in [2.45, 2.75) is 49.7 Å². The predicted molar refractivity (Wildman–Crippen MR) is 77.6 cm³/mol. The Bertz CT molecular complexity index is 351. The van der Waals surface area contributed by atoms with Crippen LogP contribution in [0.25, 0.3) is 0 Å². The molecule has 1 aromatic carbocycles. The van der Waals surface area contributed by atoms with Gasteiger partial charge in [-0.1, -0.05) is 37.1 Å². The number of benzene rings is 1. The van der Waals surface area contributed by atoms with E-state index in [0.717, 1.165) is 17.0 Å². The van der Waals surface area contributed by atoms with Gasteiger partial charge in [0.05, 0.1) is 0 Å². The summed E-state index contributed by atoms with van der Waals surface area (Å²) < 4.78 is 0. The van der Waals surface area contributed by atoms with Gasteiger partial charge in [0.15, 0.2) is 0 Å². The van der Waals surface area contributed by atoms with Crippen molar-refractivity contribution in [1.82, 2.24) is 5.32 Å². The smallest absolute Gasteiger partial charge is 0.0204 e. The Morgan fingerprint density at radius 2 is 2.00 bits per heavy atom. The Labute approximate surface area is 109 Å². The number of hydrogen-bond acceptors (Lipinski definition) is 2. The maximum absolute atomic E-state index is 3.48. The second-order valence-corrected chi connectivity index (χ2v) is 6.18. The van der Waals surface area contributed by atoms with E-state index >= 15 is 0 Å². The number of aryl methyl sites for hydroxylation is 1.